The predicted octanol–water partition coefficient (Wildman–Crippen LogP) is 2.55. The number of rotatable bonds is 4. The average molecular weight is 277 g/mol. The van der Waals surface area contributed by atoms with Crippen LogP contribution in [0.15, 0.2) is 36.4 Å². The minimum atomic E-state index is -1.34. The SMILES string of the molecule is O=C(O)c1cc(NCc2ccc(O)c(O)c2)ccc1F. The van der Waals surface area contributed by atoms with Crippen molar-refractivity contribution < 1.29 is 24.5 Å². The number of carboxylic acid groups (broad SMARTS) is 1. The molecule has 0 atom stereocenters. The van der Waals surface area contributed by atoms with Crippen LogP contribution in [0.25, 0.3) is 0 Å². The molecule has 6 heteroatoms. The Morgan fingerprint density at radius 3 is 2.50 bits per heavy atom. The molecule has 0 saturated heterocycles. The van der Waals surface area contributed by atoms with E-state index in [9.17, 15) is 19.4 Å². The number of phenolic OH excluding ortho intramolecular Hbond substituents is 2. The molecule has 2 rings (SSSR count). The summed E-state index contributed by atoms with van der Waals surface area (Å²) in [6.07, 6.45) is 0. The highest BCUT2D eigenvalue weighted by molar-refractivity contribution is 5.89. The van der Waals surface area contributed by atoms with Crippen LogP contribution in [0.3, 0.4) is 0 Å². The Balaban J connectivity index is 2.12. The van der Waals surface area contributed by atoms with Gasteiger partial charge in [-0.05, 0) is 35.9 Å². The van der Waals surface area contributed by atoms with Crippen LogP contribution in [0.5, 0.6) is 11.5 Å². The van der Waals surface area contributed by atoms with Crippen molar-refractivity contribution in [2.75, 3.05) is 5.32 Å². The van der Waals surface area contributed by atoms with Gasteiger partial charge >= 0.3 is 5.97 Å². The van der Waals surface area contributed by atoms with Crippen molar-refractivity contribution in [3.63, 3.8) is 0 Å². The van der Waals surface area contributed by atoms with E-state index in [4.69, 9.17) is 5.11 Å². The largest absolute Gasteiger partial charge is 0.504 e. The Morgan fingerprint density at radius 2 is 1.85 bits per heavy atom. The predicted molar refractivity (Wildman–Crippen MR) is 70.5 cm³/mol. The Kier molecular flexibility index (Phi) is 3.74. The molecule has 0 aliphatic heterocycles. The summed E-state index contributed by atoms with van der Waals surface area (Å²) in [6.45, 7) is 0.290. The third kappa shape index (κ3) is 2.97. The molecule has 0 aliphatic rings. The van der Waals surface area contributed by atoms with Gasteiger partial charge in [0.1, 0.15) is 5.82 Å². The minimum Gasteiger partial charge on any atom is -0.504 e. The number of anilines is 1. The molecular weight excluding hydrogens is 265 g/mol. The molecule has 104 valence electrons. The molecule has 0 fully saturated rings. The molecule has 0 spiro atoms. The summed E-state index contributed by atoms with van der Waals surface area (Å²) in [7, 11) is 0. The van der Waals surface area contributed by atoms with E-state index in [0.717, 1.165) is 6.07 Å². The molecule has 0 bridgehead atoms. The van der Waals surface area contributed by atoms with Gasteiger partial charge in [-0.3, -0.25) is 0 Å². The molecule has 0 radical (unpaired) electrons. The summed E-state index contributed by atoms with van der Waals surface area (Å²) < 4.78 is 13.2. The van der Waals surface area contributed by atoms with E-state index in [2.05, 4.69) is 5.32 Å². The minimum absolute atomic E-state index is 0.219. The molecular formula is C14H12FNO4. The number of hydrogen-bond donors (Lipinski definition) is 4. The lowest BCUT2D eigenvalue weighted by Gasteiger charge is -2.08. The summed E-state index contributed by atoms with van der Waals surface area (Å²) in [5.41, 5.74) is 0.710. The standard InChI is InChI=1S/C14H12FNO4/c15-11-3-2-9(6-10(11)14(19)20)16-7-8-1-4-12(17)13(18)5-8/h1-6,16-18H,7H2,(H,19,20). The van der Waals surface area contributed by atoms with E-state index < -0.39 is 17.3 Å². The first kappa shape index (κ1) is 13.7. The first-order chi connectivity index (χ1) is 9.47. The van der Waals surface area contributed by atoms with Crippen molar-refractivity contribution in [2.24, 2.45) is 0 Å². The Labute approximate surface area is 113 Å². The molecule has 0 aromatic heterocycles. The number of aromatic hydroxyl groups is 2. The third-order valence-electron chi connectivity index (χ3n) is 2.73. The van der Waals surface area contributed by atoms with Gasteiger partial charge in [-0.15, -0.1) is 0 Å². The molecule has 0 heterocycles. The molecule has 0 aliphatic carbocycles. The first-order valence-electron chi connectivity index (χ1n) is 5.75. The van der Waals surface area contributed by atoms with E-state index in [1.54, 1.807) is 6.07 Å². The smallest absolute Gasteiger partial charge is 0.338 e. The van der Waals surface area contributed by atoms with E-state index >= 15 is 0 Å². The van der Waals surface area contributed by atoms with Crippen molar-refractivity contribution in [3.05, 3.63) is 53.3 Å². The fourth-order valence-electron chi connectivity index (χ4n) is 1.68. The van der Waals surface area contributed by atoms with Gasteiger partial charge in [0, 0.05) is 12.2 Å². The Bertz CT molecular complexity index is 658. The van der Waals surface area contributed by atoms with Gasteiger partial charge < -0.3 is 20.6 Å². The number of hydrogen-bond acceptors (Lipinski definition) is 4. The summed E-state index contributed by atoms with van der Waals surface area (Å²) in [5, 5.41) is 30.2. The van der Waals surface area contributed by atoms with Crippen molar-refractivity contribution in [2.45, 2.75) is 6.54 Å². The summed E-state index contributed by atoms with van der Waals surface area (Å²) in [5.74, 6) is -2.60. The van der Waals surface area contributed by atoms with Crippen molar-refractivity contribution in [1.29, 1.82) is 0 Å². The average Bonchev–Trinajstić information content (AvgIpc) is 2.41. The topological polar surface area (TPSA) is 89.8 Å². The summed E-state index contributed by atoms with van der Waals surface area (Å²) in [4.78, 5) is 10.8. The highest BCUT2D eigenvalue weighted by Gasteiger charge is 2.10. The summed E-state index contributed by atoms with van der Waals surface area (Å²) >= 11 is 0. The van der Waals surface area contributed by atoms with Gasteiger partial charge in [0.05, 0.1) is 5.56 Å². The number of carbonyl (C=O) groups is 1. The lowest BCUT2D eigenvalue weighted by Crippen LogP contribution is -2.04. The first-order valence-corrected chi connectivity index (χ1v) is 5.75. The molecule has 0 saturated carbocycles. The highest BCUT2D eigenvalue weighted by atomic mass is 19.1. The van der Waals surface area contributed by atoms with Gasteiger partial charge in [0.15, 0.2) is 11.5 Å². The number of carboxylic acids is 1. The zero-order chi connectivity index (χ0) is 14.7. The van der Waals surface area contributed by atoms with Crippen LogP contribution in [0.2, 0.25) is 0 Å². The summed E-state index contributed by atoms with van der Waals surface area (Å²) in [6, 6.07) is 8.01. The van der Waals surface area contributed by atoms with Crippen LogP contribution >= 0.6 is 0 Å². The molecule has 0 unspecified atom stereocenters. The lowest BCUT2D eigenvalue weighted by atomic mass is 10.1. The highest BCUT2D eigenvalue weighted by Crippen LogP contribution is 2.25. The normalized spacial score (nSPS) is 10.2. The molecule has 0 amide bonds. The van der Waals surface area contributed by atoms with E-state index in [1.165, 1.54) is 24.3 Å². The monoisotopic (exact) mass is 277 g/mol. The van der Waals surface area contributed by atoms with Crippen molar-refractivity contribution in [3.8, 4) is 11.5 Å². The van der Waals surface area contributed by atoms with E-state index in [1.807, 2.05) is 0 Å². The number of phenols is 2. The van der Waals surface area contributed by atoms with Crippen molar-refractivity contribution >= 4 is 11.7 Å². The van der Waals surface area contributed by atoms with Crippen LogP contribution in [0, 0.1) is 5.82 Å². The maximum absolute atomic E-state index is 13.2. The zero-order valence-corrected chi connectivity index (χ0v) is 10.3. The molecule has 4 N–H and O–H groups in total. The zero-order valence-electron chi connectivity index (χ0n) is 10.3. The van der Waals surface area contributed by atoms with Crippen LogP contribution < -0.4 is 5.32 Å². The molecule has 20 heavy (non-hydrogen) atoms. The molecule has 5 nitrogen and oxygen atoms in total. The fraction of sp³-hybridized carbons (Fsp3) is 0.0714. The quantitative estimate of drug-likeness (QED) is 0.645. The molecule has 2 aromatic carbocycles. The van der Waals surface area contributed by atoms with Crippen LogP contribution in [-0.4, -0.2) is 21.3 Å². The van der Waals surface area contributed by atoms with Gasteiger partial charge in [0.2, 0.25) is 0 Å². The van der Waals surface area contributed by atoms with Gasteiger partial charge in [-0.2, -0.15) is 0 Å². The molecule has 2 aromatic rings. The van der Waals surface area contributed by atoms with Crippen molar-refractivity contribution in [1.82, 2.24) is 0 Å². The number of nitrogens with one attached hydrogen (secondary N) is 1. The van der Waals surface area contributed by atoms with Gasteiger partial charge in [-0.1, -0.05) is 6.07 Å². The van der Waals surface area contributed by atoms with Gasteiger partial charge in [-0.25, -0.2) is 9.18 Å². The Hall–Kier alpha value is -2.76. The maximum Gasteiger partial charge on any atom is 0.338 e. The van der Waals surface area contributed by atoms with Crippen LogP contribution in [-0.2, 0) is 6.54 Å². The number of benzene rings is 2. The van der Waals surface area contributed by atoms with E-state index in [-0.39, 0.29) is 11.5 Å². The fourth-order valence-corrected chi connectivity index (χ4v) is 1.68. The third-order valence-corrected chi connectivity index (χ3v) is 2.73. The number of aromatic carboxylic acids is 1. The van der Waals surface area contributed by atoms with Gasteiger partial charge in [0.25, 0.3) is 0 Å². The maximum atomic E-state index is 13.2. The Morgan fingerprint density at radius 1 is 1.10 bits per heavy atom. The van der Waals surface area contributed by atoms with Crippen LogP contribution in [0.4, 0.5) is 10.1 Å². The second-order valence-corrected chi connectivity index (χ2v) is 4.18. The number of halogens is 1. The lowest BCUT2D eigenvalue weighted by molar-refractivity contribution is 0.0692. The van der Waals surface area contributed by atoms with E-state index in [0.29, 0.717) is 17.8 Å². The van der Waals surface area contributed by atoms with Crippen LogP contribution in [0.1, 0.15) is 15.9 Å². The second-order valence-electron chi connectivity index (χ2n) is 4.18. The second kappa shape index (κ2) is 5.48.